The molecule has 0 spiro atoms. The zero-order valence-electron chi connectivity index (χ0n) is 16.5. The van der Waals surface area contributed by atoms with Crippen molar-refractivity contribution in [3.05, 3.63) is 60.7 Å². The van der Waals surface area contributed by atoms with E-state index in [0.717, 1.165) is 19.6 Å². The van der Waals surface area contributed by atoms with E-state index in [1.54, 1.807) is 0 Å². The summed E-state index contributed by atoms with van der Waals surface area (Å²) in [5.41, 5.74) is 0. The molecule has 0 radical (unpaired) electrons. The van der Waals surface area contributed by atoms with Crippen LogP contribution >= 0.6 is 0 Å². The smallest absolute Gasteiger partial charge is 0.261 e. The molecule has 0 unspecified atom stereocenters. The van der Waals surface area contributed by atoms with Crippen LogP contribution in [0.1, 0.15) is 46.5 Å². The van der Waals surface area contributed by atoms with Gasteiger partial charge in [-0.15, -0.1) is 0 Å². The van der Waals surface area contributed by atoms with E-state index < -0.39 is 8.32 Å². The molecule has 0 saturated carbocycles. The molecule has 0 bridgehead atoms. The lowest BCUT2D eigenvalue weighted by Gasteiger charge is -2.43. The van der Waals surface area contributed by atoms with Crippen LogP contribution in [-0.4, -0.2) is 27.5 Å². The molecular weight excluding hydrogens is 334 g/mol. The zero-order valence-corrected chi connectivity index (χ0v) is 17.5. The van der Waals surface area contributed by atoms with Gasteiger partial charge in [-0.2, -0.15) is 0 Å². The molecule has 1 N–H and O–H groups in total. The van der Waals surface area contributed by atoms with E-state index in [-0.39, 0.29) is 5.04 Å². The van der Waals surface area contributed by atoms with Crippen LogP contribution < -0.4 is 15.7 Å². The summed E-state index contributed by atoms with van der Waals surface area (Å²) in [4.78, 5) is 0. The van der Waals surface area contributed by atoms with Gasteiger partial charge in [0.25, 0.3) is 8.32 Å². The van der Waals surface area contributed by atoms with E-state index in [1.807, 2.05) is 0 Å². The van der Waals surface area contributed by atoms with E-state index in [0.29, 0.717) is 6.04 Å². The van der Waals surface area contributed by atoms with Crippen LogP contribution in [0.15, 0.2) is 60.7 Å². The Balaban J connectivity index is 1.92. The third kappa shape index (κ3) is 4.11. The molecule has 0 aromatic heterocycles. The Bertz CT molecular complexity index is 620. The van der Waals surface area contributed by atoms with Crippen molar-refractivity contribution >= 4 is 18.7 Å². The number of hydrogen-bond donors (Lipinski definition) is 1. The maximum absolute atomic E-state index is 6.97. The molecule has 2 aromatic carbocycles. The minimum absolute atomic E-state index is 0.0652. The fourth-order valence-corrected chi connectivity index (χ4v) is 8.87. The zero-order chi connectivity index (χ0) is 18.5. The lowest BCUT2D eigenvalue weighted by atomic mass is 10.0. The Morgan fingerprint density at radius 1 is 0.923 bits per heavy atom. The maximum Gasteiger partial charge on any atom is 0.261 e. The third-order valence-electron chi connectivity index (χ3n) is 5.61. The van der Waals surface area contributed by atoms with Crippen LogP contribution in [0.25, 0.3) is 0 Å². The summed E-state index contributed by atoms with van der Waals surface area (Å²) in [5.74, 6) is 0. The highest BCUT2D eigenvalue weighted by molar-refractivity contribution is 6.99. The van der Waals surface area contributed by atoms with Gasteiger partial charge in [-0.25, -0.2) is 0 Å². The van der Waals surface area contributed by atoms with Gasteiger partial charge in [0.15, 0.2) is 0 Å². The summed E-state index contributed by atoms with van der Waals surface area (Å²) < 4.78 is 6.97. The van der Waals surface area contributed by atoms with Crippen LogP contribution in [0.2, 0.25) is 5.04 Å². The molecule has 0 aliphatic carbocycles. The van der Waals surface area contributed by atoms with Crippen molar-refractivity contribution in [3.8, 4) is 0 Å². The monoisotopic (exact) mass is 367 g/mol. The molecule has 3 heteroatoms. The van der Waals surface area contributed by atoms with Crippen LogP contribution in [0.3, 0.4) is 0 Å². The lowest BCUT2D eigenvalue weighted by Crippen LogP contribution is -2.66. The third-order valence-corrected chi connectivity index (χ3v) is 10.7. The van der Waals surface area contributed by atoms with Crippen molar-refractivity contribution in [1.82, 2.24) is 5.32 Å². The Hall–Kier alpha value is -1.42. The number of hydrogen-bond acceptors (Lipinski definition) is 2. The molecule has 140 valence electrons. The molecular formula is C23H33NOSi. The van der Waals surface area contributed by atoms with Crippen LogP contribution in [-0.2, 0) is 4.43 Å². The van der Waals surface area contributed by atoms with Gasteiger partial charge in [0.05, 0.1) is 0 Å². The van der Waals surface area contributed by atoms with Crippen LogP contribution in [0.4, 0.5) is 0 Å². The predicted octanol–water partition coefficient (Wildman–Crippen LogP) is 4.10. The minimum atomic E-state index is -2.36. The van der Waals surface area contributed by atoms with E-state index in [2.05, 4.69) is 86.8 Å². The highest BCUT2D eigenvalue weighted by atomic mass is 28.4. The summed E-state index contributed by atoms with van der Waals surface area (Å²) in [5, 5.41) is 6.47. The summed E-state index contributed by atoms with van der Waals surface area (Å²) in [6.07, 6.45) is 5.04. The van der Waals surface area contributed by atoms with Gasteiger partial charge in [0, 0.05) is 12.6 Å². The summed E-state index contributed by atoms with van der Waals surface area (Å²) in [7, 11) is -2.36. The second-order valence-electron chi connectivity index (χ2n) is 8.45. The first-order valence-electron chi connectivity index (χ1n) is 10.0. The fourth-order valence-electron chi connectivity index (χ4n) is 4.29. The Morgan fingerprint density at radius 3 is 1.96 bits per heavy atom. The Morgan fingerprint density at radius 2 is 1.50 bits per heavy atom. The average Bonchev–Trinajstić information content (AvgIpc) is 2.66. The Kier molecular flexibility index (Phi) is 6.33. The average molecular weight is 368 g/mol. The molecule has 1 aliphatic rings. The summed E-state index contributed by atoms with van der Waals surface area (Å²) in [6, 6.07) is 22.5. The first kappa shape index (κ1) is 19.3. The van der Waals surface area contributed by atoms with Crippen molar-refractivity contribution in [2.24, 2.45) is 0 Å². The highest BCUT2D eigenvalue weighted by Crippen LogP contribution is 2.36. The van der Waals surface area contributed by atoms with Gasteiger partial charge in [0.1, 0.15) is 0 Å². The molecule has 0 amide bonds. The van der Waals surface area contributed by atoms with E-state index in [4.69, 9.17) is 4.43 Å². The second-order valence-corrected chi connectivity index (χ2v) is 12.8. The normalized spacial score (nSPS) is 18.7. The van der Waals surface area contributed by atoms with Gasteiger partial charge < -0.3 is 9.74 Å². The SMILES string of the molecule is CC(C)(C)[Si](OCC[C@H]1CCCCN1)(c1ccccc1)c1ccccc1. The largest absolute Gasteiger partial charge is 0.407 e. The second kappa shape index (κ2) is 8.51. The van der Waals surface area contributed by atoms with E-state index in [1.165, 1.54) is 29.6 Å². The van der Waals surface area contributed by atoms with Crippen LogP contribution in [0.5, 0.6) is 0 Å². The first-order chi connectivity index (χ1) is 12.5. The predicted molar refractivity (Wildman–Crippen MR) is 114 cm³/mol. The molecule has 26 heavy (non-hydrogen) atoms. The van der Waals surface area contributed by atoms with Gasteiger partial charge in [-0.05, 0) is 41.2 Å². The maximum atomic E-state index is 6.97. The number of nitrogens with one attached hydrogen (secondary N) is 1. The summed E-state index contributed by atoms with van der Waals surface area (Å²) in [6.45, 7) is 9.02. The number of piperidine rings is 1. The molecule has 2 nitrogen and oxygen atoms in total. The Labute approximate surface area is 160 Å². The summed E-state index contributed by atoms with van der Waals surface area (Å²) >= 11 is 0. The molecule has 1 fully saturated rings. The molecule has 3 rings (SSSR count). The molecule has 2 aromatic rings. The van der Waals surface area contributed by atoms with Crippen LogP contribution in [0, 0.1) is 0 Å². The van der Waals surface area contributed by atoms with Gasteiger partial charge in [-0.1, -0.05) is 87.9 Å². The first-order valence-corrected chi connectivity index (χ1v) is 11.9. The highest BCUT2D eigenvalue weighted by Gasteiger charge is 2.50. The number of rotatable bonds is 6. The van der Waals surface area contributed by atoms with Gasteiger partial charge in [-0.3, -0.25) is 0 Å². The lowest BCUT2D eigenvalue weighted by molar-refractivity contribution is 0.255. The topological polar surface area (TPSA) is 21.3 Å². The quantitative estimate of drug-likeness (QED) is 0.776. The van der Waals surface area contributed by atoms with Crippen molar-refractivity contribution in [2.45, 2.75) is 57.5 Å². The minimum Gasteiger partial charge on any atom is -0.407 e. The molecule has 1 saturated heterocycles. The van der Waals surface area contributed by atoms with Crippen molar-refractivity contribution in [1.29, 1.82) is 0 Å². The van der Waals surface area contributed by atoms with Crippen molar-refractivity contribution in [2.75, 3.05) is 13.2 Å². The van der Waals surface area contributed by atoms with Gasteiger partial charge >= 0.3 is 0 Å². The van der Waals surface area contributed by atoms with Gasteiger partial charge in [0.2, 0.25) is 0 Å². The molecule has 1 heterocycles. The van der Waals surface area contributed by atoms with E-state index >= 15 is 0 Å². The molecule has 1 atom stereocenters. The molecule has 1 aliphatic heterocycles. The van der Waals surface area contributed by atoms with E-state index in [9.17, 15) is 0 Å². The van der Waals surface area contributed by atoms with Crippen molar-refractivity contribution in [3.63, 3.8) is 0 Å². The standard InChI is InChI=1S/C23H33NOSi/c1-23(2,3)26(21-13-6-4-7-14-21,22-15-8-5-9-16-22)25-19-17-20-12-10-11-18-24-20/h4-9,13-16,20,24H,10-12,17-19H2,1-3H3/t20-/m1/s1. The van der Waals surface area contributed by atoms with Crippen molar-refractivity contribution < 1.29 is 4.43 Å². The number of benzene rings is 2. The fraction of sp³-hybridized carbons (Fsp3) is 0.478.